The number of nitrogens with zero attached hydrogens (tertiary/aromatic N) is 2. The van der Waals surface area contributed by atoms with Gasteiger partial charge in [0, 0.05) is 25.4 Å². The van der Waals surface area contributed by atoms with E-state index in [1.807, 2.05) is 0 Å². The highest BCUT2D eigenvalue weighted by molar-refractivity contribution is 5.79. The monoisotopic (exact) mass is 1190 g/mol. The molecule has 10 heteroatoms. The fourth-order valence-electron chi connectivity index (χ4n) is 24.2. The topological polar surface area (TPSA) is 137 Å². The quantitative estimate of drug-likeness (QED) is 0.0948. The Morgan fingerprint density at radius 1 is 0.488 bits per heavy atom. The van der Waals surface area contributed by atoms with E-state index < -0.39 is 10.8 Å². The Morgan fingerprint density at radius 3 is 1.34 bits per heavy atom. The summed E-state index contributed by atoms with van der Waals surface area (Å²) in [5.74, 6) is 2.60. The number of carbonyl (C=O) groups is 2. The van der Waals surface area contributed by atoms with Crippen LogP contribution in [-0.2, 0) is 32.2 Å². The Hall–Kier alpha value is -2.98. The van der Waals surface area contributed by atoms with E-state index in [0.717, 1.165) is 154 Å². The van der Waals surface area contributed by atoms with Crippen LogP contribution in [0.4, 0.5) is 0 Å². The van der Waals surface area contributed by atoms with Crippen molar-refractivity contribution < 1.29 is 29.3 Å². The van der Waals surface area contributed by atoms with Gasteiger partial charge >= 0.3 is 17.6 Å². The lowest BCUT2D eigenvalue weighted by Gasteiger charge is -2.71. The van der Waals surface area contributed by atoms with Gasteiger partial charge in [0.2, 0.25) is 0 Å². The number of aliphatic hydroxyl groups is 2. The molecule has 0 unspecified atom stereocenters. The second-order valence-electron chi connectivity index (χ2n) is 35.9. The van der Waals surface area contributed by atoms with E-state index in [4.69, 9.17) is 9.47 Å². The maximum atomic E-state index is 14.7. The highest BCUT2D eigenvalue weighted by Crippen LogP contribution is 2.78. The molecule has 86 heavy (non-hydrogen) atoms. The third-order valence-electron chi connectivity index (χ3n) is 30.2. The molecule has 8 saturated carbocycles. The lowest BCUT2D eigenvalue weighted by atomic mass is 9.33. The number of unbranched alkanes of at least 4 members (excludes halogenated alkanes) is 6. The minimum Gasteiger partial charge on any atom is -0.465 e. The van der Waals surface area contributed by atoms with Crippen molar-refractivity contribution in [3.05, 3.63) is 56.4 Å². The van der Waals surface area contributed by atoms with Crippen LogP contribution in [-0.4, -0.2) is 56.7 Å². The Balaban J connectivity index is 0.633. The van der Waals surface area contributed by atoms with Crippen molar-refractivity contribution in [3.63, 3.8) is 0 Å². The van der Waals surface area contributed by atoms with Gasteiger partial charge in [-0.25, -0.2) is 4.79 Å². The first-order valence-electron chi connectivity index (χ1n) is 35.7. The minimum absolute atomic E-state index is 0.0133. The van der Waals surface area contributed by atoms with Crippen LogP contribution in [0.3, 0.4) is 0 Å². The van der Waals surface area contributed by atoms with Gasteiger partial charge in [-0.05, 0) is 257 Å². The van der Waals surface area contributed by atoms with Crippen LogP contribution >= 0.6 is 0 Å². The Morgan fingerprint density at radius 2 is 0.895 bits per heavy atom. The summed E-state index contributed by atoms with van der Waals surface area (Å²) < 4.78 is 15.8. The molecule has 0 bridgehead atoms. The van der Waals surface area contributed by atoms with Crippen LogP contribution in [0.2, 0.25) is 0 Å². The molecule has 1 aromatic heterocycles. The molecule has 8 fully saturated rings. The predicted molar refractivity (Wildman–Crippen MR) is 344 cm³/mol. The van der Waals surface area contributed by atoms with Crippen LogP contribution in [0.15, 0.2) is 45.2 Å². The first kappa shape index (κ1) is 64.5. The third-order valence-corrected chi connectivity index (χ3v) is 30.2. The summed E-state index contributed by atoms with van der Waals surface area (Å²) in [6, 6.07) is 1.52. The van der Waals surface area contributed by atoms with Crippen LogP contribution in [0.5, 0.6) is 0 Å². The van der Waals surface area contributed by atoms with E-state index in [1.54, 1.807) is 21.9 Å². The molecule has 0 saturated heterocycles. The summed E-state index contributed by atoms with van der Waals surface area (Å²) >= 11 is 0. The van der Waals surface area contributed by atoms with Gasteiger partial charge in [-0.1, -0.05) is 133 Å². The Bertz CT molecular complexity index is 2920. The van der Waals surface area contributed by atoms with Gasteiger partial charge in [0.05, 0.1) is 36.3 Å². The molecule has 1 heterocycles. The van der Waals surface area contributed by atoms with Gasteiger partial charge in [0.15, 0.2) is 0 Å². The number of esters is 2. The highest BCUT2D eigenvalue weighted by atomic mass is 16.5. The summed E-state index contributed by atoms with van der Waals surface area (Å²) in [5, 5.41) is 22.4. The third kappa shape index (κ3) is 9.98. The lowest BCUT2D eigenvalue weighted by molar-refractivity contribution is -0.206. The summed E-state index contributed by atoms with van der Waals surface area (Å²) in [6.45, 7) is 36.2. The highest BCUT2D eigenvalue weighted by Gasteiger charge is 2.72. The number of aromatic nitrogens is 2. The Kier molecular flexibility index (Phi) is 16.8. The molecular weight excluding hydrogens is 1070 g/mol. The van der Waals surface area contributed by atoms with Crippen LogP contribution < -0.4 is 11.2 Å². The molecule has 10 aliphatic carbocycles. The second kappa shape index (κ2) is 22.4. The smallest absolute Gasteiger partial charge is 0.330 e. The first-order valence-corrected chi connectivity index (χ1v) is 35.7. The number of hydrogen-bond acceptors (Lipinski definition) is 8. The molecule has 16 atom stereocenters. The molecule has 0 aliphatic heterocycles. The summed E-state index contributed by atoms with van der Waals surface area (Å²) in [6.07, 6.45) is 33.6. The molecule has 10 nitrogen and oxygen atoms in total. The number of fused-ring (bicyclic) bond motifs is 14. The van der Waals surface area contributed by atoms with Crippen molar-refractivity contribution in [1.29, 1.82) is 0 Å². The SMILES string of the molecule is CC1(C)CC[C@]2(C(=O)OCCCCCCn3ccc(=O)n(CCCCCCOC(=O)[C@]45CCC(C)(C)C[C@H]4C4=CC[C@@H]6[C@@]7(C)CC[C@H](O)C(C)(C)[C@@H]7CC[C@@]6(C)[C@]4(C)CC5)c3=O)CC[C@]3(C)C(=CC[C@@H]4[C@@]5(C)CC[C@H](O)C(C)(C)[C@@H]5CC[C@]43C)[C@@H]2C1. The standard InChI is InChI=1S/C76H120N2O8/c1-65(2)36-40-75(42-38-71(11)51(53(75)49-65)23-25-57-69(9)32-29-59(79)67(5,6)55(69)27-34-73(57,71)13)62(82)85-47-21-17-15-19-44-77-46-31-61(81)78(64(77)84)45-20-16-18-22-48-86-63(83)76-41-37-66(3,4)50-54(76)52-24-26-58-70(10)33-30-60(80)68(7,8)56(70)28-35-74(58,14)72(52,12)39-43-76/h23-24,31,46,53-60,79-80H,15-22,25-30,32-45,47-50H2,1-14H3/t53-,54-,55-,56-,57+,58+,59-,60-,69-,70-,71+,72+,73+,74+,75-,76-/m0/s1. The molecule has 0 amide bonds. The number of ether oxygens (including phenoxy) is 2. The van der Waals surface area contributed by atoms with Crippen LogP contribution in [0.25, 0.3) is 0 Å². The number of aliphatic hydroxyl groups excluding tert-OH is 2. The predicted octanol–water partition coefficient (Wildman–Crippen LogP) is 16.5. The number of allylic oxidation sites excluding steroid dienone is 4. The fraction of sp³-hybridized carbons (Fsp3) is 0.868. The van der Waals surface area contributed by atoms with Crippen molar-refractivity contribution in [1.82, 2.24) is 9.13 Å². The zero-order valence-corrected chi connectivity index (χ0v) is 56.8. The average molecular weight is 1190 g/mol. The largest absolute Gasteiger partial charge is 0.465 e. The number of aryl methyl sites for hydroxylation is 1. The molecule has 482 valence electrons. The van der Waals surface area contributed by atoms with Gasteiger partial charge in [0.1, 0.15) is 0 Å². The molecule has 1 aromatic rings. The number of hydrogen-bond donors (Lipinski definition) is 2. The second-order valence-corrected chi connectivity index (χ2v) is 35.9. The molecule has 0 aromatic carbocycles. The van der Waals surface area contributed by atoms with E-state index >= 15 is 0 Å². The van der Waals surface area contributed by atoms with Gasteiger partial charge < -0.3 is 24.3 Å². The average Bonchev–Trinajstić information content (AvgIpc) is 0.691. The van der Waals surface area contributed by atoms with E-state index in [9.17, 15) is 29.4 Å². The minimum atomic E-state index is -0.475. The van der Waals surface area contributed by atoms with E-state index in [1.165, 1.54) is 29.9 Å². The maximum absolute atomic E-state index is 14.7. The van der Waals surface area contributed by atoms with Crippen molar-refractivity contribution >= 4 is 11.9 Å². The molecular formula is C76H120N2O8. The Labute approximate surface area is 520 Å². The van der Waals surface area contributed by atoms with Crippen molar-refractivity contribution in [2.45, 2.75) is 302 Å². The van der Waals surface area contributed by atoms with Gasteiger partial charge in [-0.2, -0.15) is 0 Å². The molecule has 0 spiro atoms. The zero-order chi connectivity index (χ0) is 62.1. The first-order chi connectivity index (χ1) is 40.2. The van der Waals surface area contributed by atoms with Crippen molar-refractivity contribution in [2.24, 2.45) is 100 Å². The lowest BCUT2D eigenvalue weighted by Crippen LogP contribution is -2.65. The van der Waals surface area contributed by atoms with Gasteiger partial charge in [0.25, 0.3) is 5.56 Å². The van der Waals surface area contributed by atoms with Crippen molar-refractivity contribution in [3.8, 4) is 0 Å². The molecule has 11 rings (SSSR count). The zero-order valence-electron chi connectivity index (χ0n) is 56.8. The molecule has 2 N–H and O–H groups in total. The fourth-order valence-corrected chi connectivity index (χ4v) is 24.2. The van der Waals surface area contributed by atoms with Crippen molar-refractivity contribution in [2.75, 3.05) is 13.2 Å². The number of carbonyl (C=O) groups excluding carboxylic acids is 2. The van der Waals surface area contributed by atoms with E-state index in [2.05, 4.69) is 109 Å². The molecule has 10 aliphatic rings. The summed E-state index contributed by atoms with van der Waals surface area (Å²) in [7, 11) is 0. The maximum Gasteiger partial charge on any atom is 0.330 e. The van der Waals surface area contributed by atoms with Gasteiger partial charge in [-0.15, -0.1) is 0 Å². The molecule has 0 radical (unpaired) electrons. The van der Waals surface area contributed by atoms with E-state index in [-0.39, 0.29) is 101 Å². The van der Waals surface area contributed by atoms with Crippen LogP contribution in [0, 0.1) is 100 Å². The van der Waals surface area contributed by atoms with Gasteiger partial charge in [-0.3, -0.25) is 19.0 Å². The van der Waals surface area contributed by atoms with Crippen LogP contribution in [0.1, 0.15) is 277 Å². The normalized spacial score (nSPS) is 43.1. The summed E-state index contributed by atoms with van der Waals surface area (Å²) in [5.41, 5.74) is 2.58. The number of rotatable bonds is 16. The summed E-state index contributed by atoms with van der Waals surface area (Å²) in [4.78, 5) is 56.0. The van der Waals surface area contributed by atoms with E-state index in [0.29, 0.717) is 56.4 Å².